The van der Waals surface area contributed by atoms with E-state index in [-0.39, 0.29) is 11.6 Å². The number of carbonyl (C=O) groups is 3. The minimum absolute atomic E-state index is 0.148. The molecule has 1 N–H and O–H groups in total. The molecular weight excluding hydrogens is 404 g/mol. The van der Waals surface area contributed by atoms with E-state index in [1.54, 1.807) is 11.9 Å². The number of nitrogens with zero attached hydrogens (tertiary/aromatic N) is 2. The van der Waals surface area contributed by atoms with Gasteiger partial charge in [-0.3, -0.25) is 14.5 Å². The topological polar surface area (TPSA) is 69.7 Å². The zero-order chi connectivity index (χ0) is 22.3. The average molecular weight is 427 g/mol. The molecule has 1 aliphatic heterocycles. The number of hydrogen-bond donors (Lipinski definition) is 1. The van der Waals surface area contributed by atoms with Gasteiger partial charge in [-0.25, -0.2) is 13.6 Å². The van der Waals surface area contributed by atoms with Crippen molar-refractivity contribution in [2.24, 2.45) is 0 Å². The Morgan fingerprint density at radius 2 is 1.97 bits per heavy atom. The molecule has 1 fully saturated rings. The second-order valence-electron chi connectivity index (χ2n) is 8.18. The van der Waals surface area contributed by atoms with Crippen LogP contribution in [0.15, 0.2) is 42.5 Å². The van der Waals surface area contributed by atoms with Gasteiger partial charge in [0.05, 0.1) is 6.04 Å². The first kappa shape index (κ1) is 21.0. The fourth-order valence-electron chi connectivity index (χ4n) is 4.45. The first-order valence-corrected chi connectivity index (χ1v) is 10.2. The number of aryl methyl sites for hydroxylation is 1. The second kappa shape index (κ2) is 7.76. The van der Waals surface area contributed by atoms with Crippen LogP contribution in [-0.2, 0) is 21.5 Å². The van der Waals surface area contributed by atoms with E-state index in [1.807, 2.05) is 24.3 Å². The summed E-state index contributed by atoms with van der Waals surface area (Å²) in [5, 5.41) is 2.41. The van der Waals surface area contributed by atoms with Gasteiger partial charge in [-0.2, -0.15) is 0 Å². The molecule has 1 saturated heterocycles. The van der Waals surface area contributed by atoms with Crippen LogP contribution in [-0.4, -0.2) is 41.2 Å². The number of rotatable bonds is 4. The molecule has 1 aliphatic carbocycles. The van der Waals surface area contributed by atoms with Crippen LogP contribution >= 0.6 is 0 Å². The summed E-state index contributed by atoms with van der Waals surface area (Å²) in [6.07, 6.45) is 2.66. The number of urea groups is 1. The van der Waals surface area contributed by atoms with Crippen LogP contribution in [0.5, 0.6) is 0 Å². The molecule has 4 amide bonds. The molecule has 2 atom stereocenters. The van der Waals surface area contributed by atoms with Crippen LogP contribution < -0.4 is 5.32 Å². The quantitative estimate of drug-likeness (QED) is 0.762. The molecule has 0 saturated carbocycles. The molecule has 2 aromatic rings. The lowest BCUT2D eigenvalue weighted by Crippen LogP contribution is -2.45. The van der Waals surface area contributed by atoms with E-state index < -0.39 is 41.6 Å². The molecule has 1 heterocycles. The van der Waals surface area contributed by atoms with E-state index in [2.05, 4.69) is 5.32 Å². The fraction of sp³-hybridized carbons (Fsp3) is 0.348. The Kier molecular flexibility index (Phi) is 5.24. The van der Waals surface area contributed by atoms with Gasteiger partial charge in [-0.15, -0.1) is 0 Å². The lowest BCUT2D eigenvalue weighted by molar-refractivity contribution is -0.139. The van der Waals surface area contributed by atoms with E-state index >= 15 is 0 Å². The minimum atomic E-state index is -1.79. The van der Waals surface area contributed by atoms with Crippen LogP contribution in [0.1, 0.15) is 42.5 Å². The highest BCUT2D eigenvalue weighted by Crippen LogP contribution is 2.34. The molecule has 4 rings (SSSR count). The van der Waals surface area contributed by atoms with Gasteiger partial charge in [-0.05, 0) is 55.5 Å². The summed E-state index contributed by atoms with van der Waals surface area (Å²) in [6.45, 7) is 0.822. The smallest absolute Gasteiger partial charge is 0.325 e. The van der Waals surface area contributed by atoms with Crippen molar-refractivity contribution in [1.82, 2.24) is 15.1 Å². The van der Waals surface area contributed by atoms with Crippen molar-refractivity contribution >= 4 is 17.8 Å². The molecular formula is C23H23F2N3O3. The number of hydrogen-bond acceptors (Lipinski definition) is 3. The molecule has 6 nitrogen and oxygen atoms in total. The van der Waals surface area contributed by atoms with E-state index in [4.69, 9.17) is 0 Å². The second-order valence-corrected chi connectivity index (χ2v) is 8.18. The van der Waals surface area contributed by atoms with Crippen molar-refractivity contribution in [3.63, 3.8) is 0 Å². The van der Waals surface area contributed by atoms with Gasteiger partial charge >= 0.3 is 6.03 Å². The van der Waals surface area contributed by atoms with E-state index in [0.29, 0.717) is 0 Å². The highest BCUT2D eigenvalue weighted by molar-refractivity contribution is 6.09. The van der Waals surface area contributed by atoms with Gasteiger partial charge in [0.25, 0.3) is 5.91 Å². The predicted octanol–water partition coefficient (Wildman–Crippen LogP) is 3.27. The molecule has 0 spiro atoms. The third-order valence-electron chi connectivity index (χ3n) is 6.23. The van der Waals surface area contributed by atoms with Gasteiger partial charge in [-0.1, -0.05) is 24.3 Å². The summed E-state index contributed by atoms with van der Waals surface area (Å²) in [5.74, 6) is -2.76. The van der Waals surface area contributed by atoms with Crippen molar-refractivity contribution in [3.8, 4) is 0 Å². The van der Waals surface area contributed by atoms with Gasteiger partial charge in [0.2, 0.25) is 5.91 Å². The van der Waals surface area contributed by atoms with E-state index in [9.17, 15) is 23.2 Å². The van der Waals surface area contributed by atoms with E-state index in [1.165, 1.54) is 12.5 Å². The van der Waals surface area contributed by atoms with Gasteiger partial charge < -0.3 is 10.2 Å². The maximum Gasteiger partial charge on any atom is 0.325 e. The average Bonchev–Trinajstić information content (AvgIpc) is 2.98. The Morgan fingerprint density at radius 1 is 1.23 bits per heavy atom. The third-order valence-corrected chi connectivity index (χ3v) is 6.23. The molecule has 2 aliphatic rings. The molecule has 31 heavy (non-hydrogen) atoms. The van der Waals surface area contributed by atoms with Crippen molar-refractivity contribution in [1.29, 1.82) is 0 Å². The Labute approximate surface area is 178 Å². The van der Waals surface area contributed by atoms with E-state index in [0.717, 1.165) is 47.9 Å². The van der Waals surface area contributed by atoms with Crippen molar-refractivity contribution in [2.45, 2.75) is 37.8 Å². The molecule has 0 unspecified atom stereocenters. The summed E-state index contributed by atoms with van der Waals surface area (Å²) in [4.78, 5) is 40.8. The molecule has 0 aromatic heterocycles. The Balaban J connectivity index is 1.55. The molecule has 0 bridgehead atoms. The van der Waals surface area contributed by atoms with Gasteiger partial charge in [0.1, 0.15) is 23.7 Å². The van der Waals surface area contributed by atoms with Crippen LogP contribution in [0.3, 0.4) is 0 Å². The van der Waals surface area contributed by atoms with Crippen LogP contribution in [0.4, 0.5) is 13.6 Å². The lowest BCUT2D eigenvalue weighted by atomic mass is 9.87. The zero-order valence-corrected chi connectivity index (χ0v) is 17.3. The highest BCUT2D eigenvalue weighted by Gasteiger charge is 2.51. The first-order valence-electron chi connectivity index (χ1n) is 10.2. The Morgan fingerprint density at radius 3 is 2.74 bits per heavy atom. The summed E-state index contributed by atoms with van der Waals surface area (Å²) in [7, 11) is 1.65. The standard InChI is InChI=1S/C23H23F2N3O3/c1-23(17-12-15(24)10-11-18(17)25)21(30)28(22(31)26-23)13-20(29)27(2)19-9-5-7-14-6-3-4-8-16(14)19/h3-4,6,8,10-12,19H,5,7,9,13H2,1-2H3,(H,26,31)/t19-,23+/m1/s1. The van der Waals surface area contributed by atoms with Crippen molar-refractivity contribution in [2.75, 3.05) is 13.6 Å². The highest BCUT2D eigenvalue weighted by atomic mass is 19.1. The lowest BCUT2D eigenvalue weighted by Gasteiger charge is -2.34. The SMILES string of the molecule is CN(C(=O)CN1C(=O)N[C@@](C)(c2cc(F)ccc2F)C1=O)[C@@H]1CCCc2ccccc21. The summed E-state index contributed by atoms with van der Waals surface area (Å²) >= 11 is 0. The summed E-state index contributed by atoms with van der Waals surface area (Å²) in [5.41, 5.74) is 0.172. The minimum Gasteiger partial charge on any atom is -0.337 e. The molecule has 2 aromatic carbocycles. The van der Waals surface area contributed by atoms with Crippen molar-refractivity contribution in [3.05, 3.63) is 70.8 Å². The normalized spacial score (nSPS) is 22.8. The zero-order valence-electron chi connectivity index (χ0n) is 17.3. The summed E-state index contributed by atoms with van der Waals surface area (Å²) in [6, 6.07) is 9.65. The van der Waals surface area contributed by atoms with Gasteiger partial charge in [0.15, 0.2) is 0 Å². The third kappa shape index (κ3) is 3.56. The predicted molar refractivity (Wildman–Crippen MR) is 109 cm³/mol. The number of nitrogens with one attached hydrogen (secondary N) is 1. The number of fused-ring (bicyclic) bond motifs is 1. The number of likely N-dealkylation sites (N-methyl/N-ethyl adjacent to an activating group) is 1. The largest absolute Gasteiger partial charge is 0.337 e. The van der Waals surface area contributed by atoms with Crippen LogP contribution in [0, 0.1) is 11.6 Å². The molecule has 0 radical (unpaired) electrons. The Bertz CT molecular complexity index is 1070. The maximum atomic E-state index is 14.3. The Hall–Kier alpha value is -3.29. The fourth-order valence-corrected chi connectivity index (χ4v) is 4.45. The number of benzene rings is 2. The van der Waals surface area contributed by atoms with Crippen LogP contribution in [0.2, 0.25) is 0 Å². The van der Waals surface area contributed by atoms with Crippen molar-refractivity contribution < 1.29 is 23.2 Å². The first-order chi connectivity index (χ1) is 14.7. The summed E-state index contributed by atoms with van der Waals surface area (Å²) < 4.78 is 28.0. The number of imide groups is 1. The molecule has 162 valence electrons. The van der Waals surface area contributed by atoms with Crippen LogP contribution in [0.25, 0.3) is 0 Å². The maximum absolute atomic E-state index is 14.3. The number of carbonyl (C=O) groups excluding carboxylic acids is 3. The monoisotopic (exact) mass is 427 g/mol. The number of halogens is 2. The number of amides is 4. The molecule has 8 heteroatoms. The van der Waals surface area contributed by atoms with Gasteiger partial charge in [0, 0.05) is 12.6 Å².